The molecule has 0 unspecified atom stereocenters. The molecular formula is C30H29N5O. The molecule has 2 aromatic heterocycles. The molecule has 0 aliphatic carbocycles. The first-order valence-electron chi connectivity index (χ1n) is 12.4. The summed E-state index contributed by atoms with van der Waals surface area (Å²) in [6.07, 6.45) is 2.48. The number of anilines is 1. The van der Waals surface area contributed by atoms with Gasteiger partial charge in [-0.3, -0.25) is 0 Å². The van der Waals surface area contributed by atoms with E-state index in [1.807, 2.05) is 6.92 Å². The quantitative estimate of drug-likeness (QED) is 0.349. The third-order valence-electron chi connectivity index (χ3n) is 6.88. The van der Waals surface area contributed by atoms with Gasteiger partial charge in [-0.1, -0.05) is 42.0 Å². The van der Waals surface area contributed by atoms with Gasteiger partial charge in [0.15, 0.2) is 0 Å². The van der Waals surface area contributed by atoms with Gasteiger partial charge in [0, 0.05) is 29.8 Å². The van der Waals surface area contributed by atoms with Gasteiger partial charge < -0.3 is 14.6 Å². The van der Waals surface area contributed by atoms with Gasteiger partial charge in [0.05, 0.1) is 17.6 Å². The summed E-state index contributed by atoms with van der Waals surface area (Å²) < 4.78 is 6.17. The van der Waals surface area contributed by atoms with Gasteiger partial charge in [-0.2, -0.15) is 0 Å². The largest absolute Gasteiger partial charge is 0.491 e. The fraction of sp³-hybridized carbons (Fsp3) is 0.233. The van der Waals surface area contributed by atoms with Gasteiger partial charge in [-0.15, -0.1) is 0 Å². The van der Waals surface area contributed by atoms with Crippen molar-refractivity contribution in [3.8, 4) is 16.9 Å². The summed E-state index contributed by atoms with van der Waals surface area (Å²) in [5, 5.41) is 0. The minimum Gasteiger partial charge on any atom is -0.491 e. The Hall–Kier alpha value is -4.19. The van der Waals surface area contributed by atoms with Crippen LogP contribution in [0.4, 0.5) is 5.82 Å². The van der Waals surface area contributed by atoms with Crippen LogP contribution in [0.3, 0.4) is 0 Å². The number of benzene rings is 3. The zero-order chi connectivity index (χ0) is 24.6. The molecule has 6 heteroatoms. The van der Waals surface area contributed by atoms with Gasteiger partial charge in [-0.05, 0) is 61.7 Å². The number of nitrogens with one attached hydrogen (secondary N) is 1. The predicted molar refractivity (Wildman–Crippen MR) is 144 cm³/mol. The van der Waals surface area contributed by atoms with Crippen LogP contribution in [0.2, 0.25) is 0 Å². The van der Waals surface area contributed by atoms with Crippen molar-refractivity contribution in [3.05, 3.63) is 101 Å². The second-order valence-electron chi connectivity index (χ2n) is 9.57. The van der Waals surface area contributed by atoms with Gasteiger partial charge in [0.25, 0.3) is 0 Å². The van der Waals surface area contributed by atoms with E-state index in [9.17, 15) is 0 Å². The van der Waals surface area contributed by atoms with Crippen molar-refractivity contribution < 1.29 is 4.74 Å². The maximum Gasteiger partial charge on any atom is 0.136 e. The molecule has 0 saturated heterocycles. The molecule has 0 atom stereocenters. The van der Waals surface area contributed by atoms with Crippen molar-refractivity contribution in [2.75, 3.05) is 18.1 Å². The molecule has 3 heterocycles. The molecule has 1 aliphatic rings. The average Bonchev–Trinajstić information content (AvgIpc) is 3.11. The highest BCUT2D eigenvalue weighted by Crippen LogP contribution is 2.33. The number of ether oxygens (including phenoxy) is 1. The van der Waals surface area contributed by atoms with E-state index in [0.29, 0.717) is 6.61 Å². The molecule has 0 radical (unpaired) electrons. The Morgan fingerprint density at radius 1 is 0.944 bits per heavy atom. The first kappa shape index (κ1) is 22.3. The minimum absolute atomic E-state index is 0.610. The lowest BCUT2D eigenvalue weighted by molar-refractivity contribution is 0.331. The van der Waals surface area contributed by atoms with Gasteiger partial charge in [0.1, 0.15) is 30.3 Å². The van der Waals surface area contributed by atoms with Gasteiger partial charge in [-0.25, -0.2) is 15.0 Å². The molecule has 0 fully saturated rings. The first-order chi connectivity index (χ1) is 17.5. The molecule has 1 N–H and O–H groups in total. The van der Waals surface area contributed by atoms with Crippen molar-refractivity contribution in [1.29, 1.82) is 0 Å². The van der Waals surface area contributed by atoms with Crippen LogP contribution in [-0.2, 0) is 13.0 Å². The van der Waals surface area contributed by atoms with Crippen LogP contribution in [0.5, 0.6) is 5.75 Å². The van der Waals surface area contributed by atoms with Crippen molar-refractivity contribution >= 4 is 16.9 Å². The van der Waals surface area contributed by atoms with Crippen molar-refractivity contribution in [2.24, 2.45) is 0 Å². The third-order valence-corrected chi connectivity index (χ3v) is 6.88. The fourth-order valence-electron chi connectivity index (χ4n) is 5.06. The van der Waals surface area contributed by atoms with E-state index in [2.05, 4.69) is 94.4 Å². The molecule has 1 aliphatic heterocycles. The summed E-state index contributed by atoms with van der Waals surface area (Å²) in [6.45, 7) is 8.29. The highest BCUT2D eigenvalue weighted by Gasteiger charge is 2.21. The number of rotatable bonds is 4. The Morgan fingerprint density at radius 2 is 1.81 bits per heavy atom. The summed E-state index contributed by atoms with van der Waals surface area (Å²) in [5.41, 5.74) is 10.2. The molecule has 5 aromatic rings. The number of hydrogen-bond donors (Lipinski definition) is 1. The van der Waals surface area contributed by atoms with E-state index in [0.717, 1.165) is 70.3 Å². The van der Waals surface area contributed by atoms with Crippen LogP contribution < -0.4 is 9.64 Å². The number of aromatic nitrogens is 4. The Labute approximate surface area is 211 Å². The maximum absolute atomic E-state index is 6.17. The molecule has 6 rings (SSSR count). The van der Waals surface area contributed by atoms with Crippen LogP contribution in [0.1, 0.15) is 33.8 Å². The highest BCUT2D eigenvalue weighted by atomic mass is 16.5. The lowest BCUT2D eigenvalue weighted by Crippen LogP contribution is -2.28. The van der Waals surface area contributed by atoms with Crippen LogP contribution in [0.15, 0.2) is 67.0 Å². The third kappa shape index (κ3) is 4.31. The second-order valence-corrected chi connectivity index (χ2v) is 9.57. The molecule has 180 valence electrons. The Kier molecular flexibility index (Phi) is 5.64. The molecule has 3 aromatic carbocycles. The second kappa shape index (κ2) is 9.11. The zero-order valence-corrected chi connectivity index (χ0v) is 20.9. The topological polar surface area (TPSA) is 66.9 Å². The number of nitrogens with zero attached hydrogens (tertiary/aromatic N) is 4. The molecule has 36 heavy (non-hydrogen) atoms. The summed E-state index contributed by atoms with van der Waals surface area (Å²) in [4.78, 5) is 19.5. The number of hydrogen-bond acceptors (Lipinski definition) is 5. The number of imidazole rings is 1. The van der Waals surface area contributed by atoms with E-state index >= 15 is 0 Å². The zero-order valence-electron chi connectivity index (χ0n) is 20.9. The number of fused-ring (bicyclic) bond motifs is 2. The van der Waals surface area contributed by atoms with Crippen molar-refractivity contribution in [1.82, 2.24) is 19.9 Å². The lowest BCUT2D eigenvalue weighted by Gasteiger charge is -2.24. The number of aromatic amines is 1. The summed E-state index contributed by atoms with van der Waals surface area (Å²) in [7, 11) is 0. The van der Waals surface area contributed by atoms with Crippen LogP contribution in [-0.4, -0.2) is 33.1 Å². The SMILES string of the molecule is Cc1cccc(Cc2c(C)ncnc2N2CCOc3ccc(-c4ccc5nc(C)[nH]c5c4)cc3C2)c1. The molecule has 0 amide bonds. The molecule has 0 saturated carbocycles. The van der Waals surface area contributed by atoms with Crippen LogP contribution in [0, 0.1) is 20.8 Å². The average molecular weight is 476 g/mol. The standard InChI is InChI=1S/C30H29N5O/c1-19-5-4-6-22(13-19)14-26-20(2)31-18-32-30(26)35-11-12-36-29-10-8-23(15-25(29)17-35)24-7-9-27-28(16-24)34-21(3)33-27/h4-10,13,15-16,18H,11-12,14,17H2,1-3H3,(H,33,34). The van der Waals surface area contributed by atoms with Gasteiger partial charge in [0.2, 0.25) is 0 Å². The Balaban J connectivity index is 1.34. The van der Waals surface area contributed by atoms with E-state index in [1.165, 1.54) is 16.7 Å². The fourth-order valence-corrected chi connectivity index (χ4v) is 5.06. The van der Waals surface area contributed by atoms with E-state index in [-0.39, 0.29) is 0 Å². The van der Waals surface area contributed by atoms with Crippen LogP contribution >= 0.6 is 0 Å². The van der Waals surface area contributed by atoms with E-state index in [1.54, 1.807) is 6.33 Å². The van der Waals surface area contributed by atoms with Crippen LogP contribution in [0.25, 0.3) is 22.2 Å². The monoisotopic (exact) mass is 475 g/mol. The van der Waals surface area contributed by atoms with Gasteiger partial charge >= 0.3 is 0 Å². The number of aryl methyl sites for hydroxylation is 3. The highest BCUT2D eigenvalue weighted by molar-refractivity contribution is 5.82. The maximum atomic E-state index is 6.17. The minimum atomic E-state index is 0.610. The summed E-state index contributed by atoms with van der Waals surface area (Å²) in [6, 6.07) is 21.5. The van der Waals surface area contributed by atoms with Crippen molar-refractivity contribution in [2.45, 2.75) is 33.7 Å². The number of H-pyrrole nitrogens is 1. The lowest BCUT2D eigenvalue weighted by atomic mass is 10.0. The summed E-state index contributed by atoms with van der Waals surface area (Å²) >= 11 is 0. The Morgan fingerprint density at radius 3 is 2.69 bits per heavy atom. The smallest absolute Gasteiger partial charge is 0.136 e. The molecule has 0 spiro atoms. The summed E-state index contributed by atoms with van der Waals surface area (Å²) in [5.74, 6) is 2.85. The molecule has 6 nitrogen and oxygen atoms in total. The van der Waals surface area contributed by atoms with E-state index in [4.69, 9.17) is 9.72 Å². The van der Waals surface area contributed by atoms with E-state index < -0.39 is 0 Å². The molecule has 0 bridgehead atoms. The normalized spacial score (nSPS) is 13.4. The molecular weight excluding hydrogens is 446 g/mol. The van der Waals surface area contributed by atoms with Crippen molar-refractivity contribution in [3.63, 3.8) is 0 Å². The first-order valence-corrected chi connectivity index (χ1v) is 12.4. The Bertz CT molecular complexity index is 1570. The predicted octanol–water partition coefficient (Wildman–Crippen LogP) is 5.93.